The van der Waals surface area contributed by atoms with E-state index in [1.807, 2.05) is 42.1 Å². The highest BCUT2D eigenvalue weighted by atomic mass is 32.2. The first-order chi connectivity index (χ1) is 19.6. The lowest BCUT2D eigenvalue weighted by Crippen LogP contribution is -2.17. The van der Waals surface area contributed by atoms with Crippen molar-refractivity contribution in [2.75, 3.05) is 24.9 Å². The summed E-state index contributed by atoms with van der Waals surface area (Å²) in [5, 5.41) is 5.24. The number of hydrogen-bond donors (Lipinski definition) is 1. The molecule has 0 unspecified atom stereocenters. The molecule has 0 bridgehead atoms. The molecule has 40 heavy (non-hydrogen) atoms. The summed E-state index contributed by atoms with van der Waals surface area (Å²) >= 11 is 1.83. The standard InChI is InChI=1S/C34H50N2O3S/c1-4-5-6-7-8-9-10-11-12-13-14-15-23-39-34-30(17-16-18-32(34)38-3)24-33(37)35-31-21-19-29(20-22-31)25-36-27-40-26-28(36)2/h16-22,26H,4-15,23-25,27H2,1-3H3,(H,35,37). The number of unbranched alkanes of at least 4 members (excludes halogenated alkanes) is 11. The van der Waals surface area contributed by atoms with Crippen LogP contribution >= 0.6 is 11.8 Å². The molecule has 0 aromatic heterocycles. The van der Waals surface area contributed by atoms with Gasteiger partial charge >= 0.3 is 0 Å². The predicted octanol–water partition coefficient (Wildman–Crippen LogP) is 9.32. The van der Waals surface area contributed by atoms with E-state index in [9.17, 15) is 4.79 Å². The van der Waals surface area contributed by atoms with E-state index in [0.717, 1.165) is 30.1 Å². The van der Waals surface area contributed by atoms with Crippen LogP contribution in [0.2, 0.25) is 0 Å². The number of carbonyl (C=O) groups is 1. The molecule has 3 rings (SSSR count). The minimum Gasteiger partial charge on any atom is -0.493 e. The lowest BCUT2D eigenvalue weighted by atomic mass is 10.1. The van der Waals surface area contributed by atoms with E-state index in [0.29, 0.717) is 18.1 Å². The van der Waals surface area contributed by atoms with Crippen molar-refractivity contribution in [1.82, 2.24) is 4.90 Å². The zero-order valence-electron chi connectivity index (χ0n) is 25.0. The van der Waals surface area contributed by atoms with Crippen LogP contribution < -0.4 is 14.8 Å². The second-order valence-corrected chi connectivity index (χ2v) is 11.7. The van der Waals surface area contributed by atoms with Gasteiger partial charge in [0.05, 0.1) is 26.0 Å². The Morgan fingerprint density at radius 3 is 2.15 bits per heavy atom. The molecule has 1 aliphatic heterocycles. The van der Waals surface area contributed by atoms with Crippen molar-refractivity contribution in [2.24, 2.45) is 0 Å². The highest BCUT2D eigenvalue weighted by Gasteiger charge is 2.15. The summed E-state index contributed by atoms with van der Waals surface area (Å²) in [4.78, 5) is 15.3. The van der Waals surface area contributed by atoms with Crippen molar-refractivity contribution in [3.63, 3.8) is 0 Å². The maximum atomic E-state index is 12.9. The number of thioether (sulfide) groups is 1. The fourth-order valence-electron chi connectivity index (χ4n) is 5.03. The second kappa shape index (κ2) is 18.7. The van der Waals surface area contributed by atoms with Crippen molar-refractivity contribution in [2.45, 2.75) is 104 Å². The normalized spacial score (nSPS) is 12.9. The quantitative estimate of drug-likeness (QED) is 0.162. The molecule has 0 atom stereocenters. The zero-order valence-corrected chi connectivity index (χ0v) is 25.8. The van der Waals surface area contributed by atoms with Gasteiger partial charge in [-0.05, 0) is 42.5 Å². The lowest BCUT2D eigenvalue weighted by molar-refractivity contribution is -0.115. The molecule has 0 saturated carbocycles. The smallest absolute Gasteiger partial charge is 0.228 e. The van der Waals surface area contributed by atoms with Gasteiger partial charge in [0.15, 0.2) is 11.5 Å². The van der Waals surface area contributed by atoms with Crippen molar-refractivity contribution in [3.8, 4) is 11.5 Å². The van der Waals surface area contributed by atoms with E-state index >= 15 is 0 Å². The SMILES string of the molecule is CCCCCCCCCCCCCCOc1c(CC(=O)Nc2ccc(CN3CSC=C3C)cc2)cccc1OC. The Labute approximate surface area is 247 Å². The van der Waals surface area contributed by atoms with Crippen LogP contribution in [0.4, 0.5) is 5.69 Å². The van der Waals surface area contributed by atoms with Crippen LogP contribution in [0, 0.1) is 0 Å². The minimum atomic E-state index is -0.0639. The van der Waals surface area contributed by atoms with Gasteiger partial charge in [0, 0.05) is 23.5 Å². The Morgan fingerprint density at radius 2 is 1.55 bits per heavy atom. The number of nitrogens with one attached hydrogen (secondary N) is 1. The molecule has 1 heterocycles. The topological polar surface area (TPSA) is 50.8 Å². The van der Waals surface area contributed by atoms with E-state index in [-0.39, 0.29) is 12.3 Å². The van der Waals surface area contributed by atoms with Crippen LogP contribution in [-0.2, 0) is 17.8 Å². The Bertz CT molecular complexity index is 1040. The average Bonchev–Trinajstić information content (AvgIpc) is 3.36. The Balaban J connectivity index is 1.37. The molecule has 0 spiro atoms. The number of rotatable bonds is 20. The molecule has 5 nitrogen and oxygen atoms in total. The van der Waals surface area contributed by atoms with E-state index in [1.165, 1.54) is 81.9 Å². The fraction of sp³-hybridized carbons (Fsp3) is 0.559. The first-order valence-electron chi connectivity index (χ1n) is 15.3. The van der Waals surface area contributed by atoms with Gasteiger partial charge in [0.2, 0.25) is 5.91 Å². The summed E-state index contributed by atoms with van der Waals surface area (Å²) in [6.07, 6.45) is 16.0. The Morgan fingerprint density at radius 1 is 0.900 bits per heavy atom. The van der Waals surface area contributed by atoms with Crippen LogP contribution in [0.5, 0.6) is 11.5 Å². The van der Waals surface area contributed by atoms with Gasteiger partial charge in [0.1, 0.15) is 0 Å². The highest BCUT2D eigenvalue weighted by molar-refractivity contribution is 8.02. The fourth-order valence-corrected chi connectivity index (χ4v) is 5.97. The molecule has 6 heteroatoms. The van der Waals surface area contributed by atoms with Crippen LogP contribution in [0.15, 0.2) is 53.6 Å². The van der Waals surface area contributed by atoms with Crippen molar-refractivity contribution in [1.29, 1.82) is 0 Å². The largest absolute Gasteiger partial charge is 0.493 e. The summed E-state index contributed by atoms with van der Waals surface area (Å²) in [5.74, 6) is 2.30. The number of ether oxygens (including phenoxy) is 2. The van der Waals surface area contributed by atoms with Crippen LogP contribution in [0.1, 0.15) is 102 Å². The molecular weight excluding hydrogens is 516 g/mol. The molecule has 1 aliphatic rings. The monoisotopic (exact) mass is 566 g/mol. The molecule has 0 fully saturated rings. The summed E-state index contributed by atoms with van der Waals surface area (Å²) < 4.78 is 11.7. The van der Waals surface area contributed by atoms with Crippen molar-refractivity contribution >= 4 is 23.4 Å². The minimum absolute atomic E-state index is 0.0639. The predicted molar refractivity (Wildman–Crippen MR) is 170 cm³/mol. The zero-order chi connectivity index (χ0) is 28.4. The van der Waals surface area contributed by atoms with E-state index < -0.39 is 0 Å². The number of amides is 1. The van der Waals surface area contributed by atoms with Crippen LogP contribution in [0.25, 0.3) is 0 Å². The molecule has 2 aromatic rings. The third-order valence-electron chi connectivity index (χ3n) is 7.47. The lowest BCUT2D eigenvalue weighted by Gasteiger charge is -2.19. The van der Waals surface area contributed by atoms with Gasteiger partial charge in [-0.25, -0.2) is 0 Å². The average molecular weight is 567 g/mol. The third kappa shape index (κ3) is 11.5. The van der Waals surface area contributed by atoms with E-state index in [4.69, 9.17) is 9.47 Å². The number of allylic oxidation sites excluding steroid dienone is 1. The number of para-hydroxylation sites is 1. The maximum Gasteiger partial charge on any atom is 0.228 e. The molecule has 220 valence electrons. The molecule has 0 aliphatic carbocycles. The summed E-state index contributed by atoms with van der Waals surface area (Å²) in [5.41, 5.74) is 4.19. The Kier molecular flexibility index (Phi) is 14.9. The van der Waals surface area contributed by atoms with Gasteiger partial charge in [-0.1, -0.05) is 102 Å². The van der Waals surface area contributed by atoms with Gasteiger partial charge < -0.3 is 19.7 Å². The Hall–Kier alpha value is -2.60. The van der Waals surface area contributed by atoms with Gasteiger partial charge in [-0.2, -0.15) is 0 Å². The van der Waals surface area contributed by atoms with E-state index in [1.54, 1.807) is 7.11 Å². The van der Waals surface area contributed by atoms with E-state index in [2.05, 4.69) is 41.6 Å². The number of nitrogens with zero attached hydrogens (tertiary/aromatic N) is 1. The second-order valence-electron chi connectivity index (χ2n) is 10.9. The van der Waals surface area contributed by atoms with Crippen LogP contribution in [-0.4, -0.2) is 30.4 Å². The van der Waals surface area contributed by atoms with Crippen molar-refractivity contribution in [3.05, 3.63) is 64.7 Å². The highest BCUT2D eigenvalue weighted by Crippen LogP contribution is 2.32. The van der Waals surface area contributed by atoms with Crippen molar-refractivity contribution < 1.29 is 14.3 Å². The number of hydrogen-bond acceptors (Lipinski definition) is 5. The molecular formula is C34H50N2O3S. The van der Waals surface area contributed by atoms with Gasteiger partial charge in [-0.3, -0.25) is 4.79 Å². The molecule has 2 aromatic carbocycles. The van der Waals surface area contributed by atoms with Gasteiger partial charge in [0.25, 0.3) is 0 Å². The van der Waals surface area contributed by atoms with Crippen LogP contribution in [0.3, 0.4) is 0 Å². The number of anilines is 1. The molecule has 1 N–H and O–H groups in total. The first kappa shape index (κ1) is 31.9. The molecule has 0 radical (unpaired) electrons. The summed E-state index contributed by atoms with van der Waals surface area (Å²) in [6.45, 7) is 5.93. The number of methoxy groups -OCH3 is 1. The summed E-state index contributed by atoms with van der Waals surface area (Å²) in [7, 11) is 1.65. The summed E-state index contributed by atoms with van der Waals surface area (Å²) in [6, 6.07) is 13.9. The molecule has 0 saturated heterocycles. The van der Waals surface area contributed by atoms with Gasteiger partial charge in [-0.15, -0.1) is 11.8 Å². The number of benzene rings is 2. The molecule has 1 amide bonds. The first-order valence-corrected chi connectivity index (χ1v) is 16.4. The maximum absolute atomic E-state index is 12.9. The third-order valence-corrected chi connectivity index (χ3v) is 8.44. The number of carbonyl (C=O) groups excluding carboxylic acids is 1.